The molecule has 6 rings (SSSR count). The smallest absolute Gasteiger partial charge is 0.257 e. The van der Waals surface area contributed by atoms with Gasteiger partial charge in [-0.05, 0) is 62.7 Å². The molecule has 1 aliphatic heterocycles. The van der Waals surface area contributed by atoms with E-state index < -0.39 is 0 Å². The first kappa shape index (κ1) is 22.4. The molecule has 7 nitrogen and oxygen atoms in total. The predicted octanol–water partition coefficient (Wildman–Crippen LogP) is 4.25. The average molecular weight is 471 g/mol. The monoisotopic (exact) mass is 470 g/mol. The fraction of sp³-hybridized carbons (Fsp3) is 0.500. The van der Waals surface area contributed by atoms with Crippen LogP contribution in [0.3, 0.4) is 0 Å². The molecule has 1 saturated heterocycles. The lowest BCUT2D eigenvalue weighted by atomic mass is 10.0. The first-order valence-corrected chi connectivity index (χ1v) is 13.2. The number of amides is 1. The third kappa shape index (κ3) is 4.05. The highest BCUT2D eigenvalue weighted by Gasteiger charge is 2.37. The zero-order valence-electron chi connectivity index (χ0n) is 20.8. The van der Waals surface area contributed by atoms with E-state index >= 15 is 0 Å². The van der Waals surface area contributed by atoms with Crippen LogP contribution in [-0.2, 0) is 12.8 Å². The molecule has 0 N–H and O–H groups in total. The molecule has 2 fully saturated rings. The Morgan fingerprint density at radius 2 is 1.86 bits per heavy atom. The van der Waals surface area contributed by atoms with Gasteiger partial charge in [0.2, 0.25) is 0 Å². The molecule has 3 heterocycles. The zero-order valence-corrected chi connectivity index (χ0v) is 20.8. The minimum atomic E-state index is 0.105. The molecule has 1 aromatic carbocycles. The van der Waals surface area contributed by atoms with Crippen LogP contribution in [0.5, 0.6) is 0 Å². The highest BCUT2D eigenvalue weighted by molar-refractivity contribution is 5.95. The van der Waals surface area contributed by atoms with Gasteiger partial charge in [0.15, 0.2) is 0 Å². The third-order valence-electron chi connectivity index (χ3n) is 7.99. The van der Waals surface area contributed by atoms with Gasteiger partial charge < -0.3 is 4.90 Å². The van der Waals surface area contributed by atoms with Crippen molar-refractivity contribution >= 4 is 5.91 Å². The van der Waals surface area contributed by atoms with Crippen LogP contribution >= 0.6 is 0 Å². The molecule has 7 heteroatoms. The Morgan fingerprint density at radius 3 is 2.66 bits per heavy atom. The maximum atomic E-state index is 13.6. The summed E-state index contributed by atoms with van der Waals surface area (Å²) in [5, 5.41) is 4.69. The van der Waals surface area contributed by atoms with Crippen LogP contribution in [0, 0.1) is 0 Å². The quantitative estimate of drug-likeness (QED) is 0.539. The molecule has 2 aliphatic carbocycles. The van der Waals surface area contributed by atoms with Crippen molar-refractivity contribution in [1.29, 1.82) is 0 Å². The fourth-order valence-electron chi connectivity index (χ4n) is 5.92. The van der Waals surface area contributed by atoms with Crippen molar-refractivity contribution in [1.82, 2.24) is 29.5 Å². The second-order valence-electron chi connectivity index (χ2n) is 10.1. The Kier molecular flexibility index (Phi) is 5.88. The second-order valence-corrected chi connectivity index (χ2v) is 10.1. The predicted molar refractivity (Wildman–Crippen MR) is 136 cm³/mol. The number of carbonyl (C=O) groups is 1. The third-order valence-corrected chi connectivity index (χ3v) is 7.99. The Labute approximate surface area is 207 Å². The average Bonchev–Trinajstić information content (AvgIpc) is 3.50. The van der Waals surface area contributed by atoms with Gasteiger partial charge in [-0.25, -0.2) is 14.6 Å². The lowest BCUT2D eigenvalue weighted by Crippen LogP contribution is -2.38. The number of likely N-dealkylation sites (tertiary alicyclic amines) is 1. The van der Waals surface area contributed by atoms with Gasteiger partial charge in [-0.15, -0.1) is 0 Å². The summed E-state index contributed by atoms with van der Waals surface area (Å²) < 4.78 is 1.84. The van der Waals surface area contributed by atoms with E-state index in [0.717, 1.165) is 81.7 Å². The van der Waals surface area contributed by atoms with E-state index in [1.807, 2.05) is 15.8 Å². The van der Waals surface area contributed by atoms with E-state index in [-0.39, 0.29) is 5.91 Å². The van der Waals surface area contributed by atoms with Crippen LogP contribution in [0.1, 0.15) is 72.6 Å². The number of rotatable bonds is 6. The number of aryl methyl sites for hydroxylation is 2. The summed E-state index contributed by atoms with van der Waals surface area (Å²) >= 11 is 0. The van der Waals surface area contributed by atoms with Gasteiger partial charge in [-0.3, -0.25) is 9.69 Å². The van der Waals surface area contributed by atoms with Gasteiger partial charge in [0.25, 0.3) is 11.9 Å². The summed E-state index contributed by atoms with van der Waals surface area (Å²) in [6.07, 6.45) is 10.1. The fourth-order valence-corrected chi connectivity index (χ4v) is 5.92. The minimum absolute atomic E-state index is 0.105. The first-order valence-electron chi connectivity index (χ1n) is 13.2. The lowest BCUT2D eigenvalue weighted by Gasteiger charge is -2.26. The van der Waals surface area contributed by atoms with Crippen molar-refractivity contribution in [2.45, 2.75) is 64.3 Å². The highest BCUT2D eigenvalue weighted by Crippen LogP contribution is 2.43. The summed E-state index contributed by atoms with van der Waals surface area (Å²) in [4.78, 5) is 27.9. The van der Waals surface area contributed by atoms with Crippen LogP contribution in [0.4, 0.5) is 0 Å². The van der Waals surface area contributed by atoms with Gasteiger partial charge in [0.1, 0.15) is 0 Å². The highest BCUT2D eigenvalue weighted by atomic mass is 16.2. The van der Waals surface area contributed by atoms with E-state index in [2.05, 4.69) is 48.1 Å². The molecule has 1 saturated carbocycles. The van der Waals surface area contributed by atoms with Crippen LogP contribution in [0.15, 0.2) is 36.7 Å². The number of benzene rings is 1. The second kappa shape index (κ2) is 9.19. The number of hydrogen-bond acceptors (Lipinski definition) is 5. The minimum Gasteiger partial charge on any atom is -0.337 e. The van der Waals surface area contributed by atoms with Gasteiger partial charge >= 0.3 is 0 Å². The van der Waals surface area contributed by atoms with Crippen molar-refractivity contribution in [3.05, 3.63) is 59.0 Å². The standard InChI is InChI=1S/C28H34N6O/c1-3-32(4-2)22-14-15-33(18-22)27(35)24-17-30-34(26(24)20-12-13-20)28-29-16-21-10-7-9-19-8-5-6-11-23(19)25(21)31-28/h5-6,8,11,16-17,20,22H,3-4,7,9-10,12-15,18H2,1-2H3. The molecule has 0 bridgehead atoms. The molecule has 3 aromatic rings. The molecule has 2 aromatic heterocycles. The molecule has 0 spiro atoms. The van der Waals surface area contributed by atoms with Crippen LogP contribution in [0.25, 0.3) is 17.2 Å². The number of likely N-dealkylation sites (N-methyl/N-ethyl adjacent to an activating group) is 1. The van der Waals surface area contributed by atoms with Gasteiger partial charge in [0.05, 0.1) is 23.1 Å². The Bertz CT molecular complexity index is 1240. The lowest BCUT2D eigenvalue weighted by molar-refractivity contribution is 0.0776. The molecule has 1 atom stereocenters. The maximum absolute atomic E-state index is 13.6. The molecular weight excluding hydrogens is 436 g/mol. The van der Waals surface area contributed by atoms with Crippen molar-refractivity contribution in [3.63, 3.8) is 0 Å². The molecule has 0 radical (unpaired) electrons. The normalized spacial score (nSPS) is 19.5. The zero-order chi connectivity index (χ0) is 23.9. The Balaban J connectivity index is 1.34. The van der Waals surface area contributed by atoms with Gasteiger partial charge in [-0.1, -0.05) is 38.1 Å². The molecule has 1 amide bonds. The van der Waals surface area contributed by atoms with E-state index in [1.54, 1.807) is 6.20 Å². The summed E-state index contributed by atoms with van der Waals surface area (Å²) in [5.41, 5.74) is 6.45. The van der Waals surface area contributed by atoms with E-state index in [0.29, 0.717) is 17.9 Å². The largest absolute Gasteiger partial charge is 0.337 e. The van der Waals surface area contributed by atoms with E-state index in [4.69, 9.17) is 9.97 Å². The van der Waals surface area contributed by atoms with Crippen molar-refractivity contribution in [2.75, 3.05) is 26.2 Å². The van der Waals surface area contributed by atoms with Crippen LogP contribution in [0.2, 0.25) is 0 Å². The molecule has 182 valence electrons. The van der Waals surface area contributed by atoms with Crippen molar-refractivity contribution in [2.24, 2.45) is 0 Å². The number of nitrogens with zero attached hydrogens (tertiary/aromatic N) is 6. The Hall–Kier alpha value is -3.06. The number of fused-ring (bicyclic) bond motifs is 3. The summed E-state index contributed by atoms with van der Waals surface area (Å²) in [7, 11) is 0. The van der Waals surface area contributed by atoms with Crippen LogP contribution in [-0.4, -0.2) is 67.7 Å². The first-order chi connectivity index (χ1) is 17.2. The molecule has 3 aliphatic rings. The van der Waals surface area contributed by atoms with Crippen molar-refractivity contribution < 1.29 is 4.79 Å². The molecule has 35 heavy (non-hydrogen) atoms. The topological polar surface area (TPSA) is 67.2 Å². The summed E-state index contributed by atoms with van der Waals surface area (Å²) in [6, 6.07) is 8.99. The number of hydrogen-bond donors (Lipinski definition) is 0. The van der Waals surface area contributed by atoms with E-state index in [1.165, 1.54) is 16.7 Å². The van der Waals surface area contributed by atoms with Gasteiger partial charge in [0, 0.05) is 36.8 Å². The van der Waals surface area contributed by atoms with E-state index in [9.17, 15) is 4.79 Å². The molecule has 1 unspecified atom stereocenters. The summed E-state index contributed by atoms with van der Waals surface area (Å²) in [5.74, 6) is 1.03. The Morgan fingerprint density at radius 1 is 1.06 bits per heavy atom. The maximum Gasteiger partial charge on any atom is 0.257 e. The van der Waals surface area contributed by atoms with Crippen molar-refractivity contribution in [3.8, 4) is 17.2 Å². The summed E-state index contributed by atoms with van der Waals surface area (Å²) in [6.45, 7) is 8.04. The molecular formula is C28H34N6O. The number of carbonyl (C=O) groups excluding carboxylic acids is 1. The van der Waals surface area contributed by atoms with Crippen LogP contribution < -0.4 is 0 Å². The van der Waals surface area contributed by atoms with Gasteiger partial charge in [-0.2, -0.15) is 5.10 Å². The SMILES string of the molecule is CCN(CC)C1CCN(C(=O)c2cnn(-c3ncc4c(n3)-c3ccccc3CCC4)c2C2CC2)C1. The number of aromatic nitrogens is 4.